The van der Waals surface area contributed by atoms with Gasteiger partial charge in [0, 0.05) is 18.1 Å². The Labute approximate surface area is 249 Å². The van der Waals surface area contributed by atoms with Gasteiger partial charge in [-0.2, -0.15) is 13.2 Å². The molecule has 0 spiro atoms. The Morgan fingerprint density at radius 1 is 0.952 bits per heavy atom. The van der Waals surface area contributed by atoms with Crippen LogP contribution in [0.15, 0.2) is 83.8 Å². The third-order valence-corrected chi connectivity index (χ3v) is 8.59. The number of carbonyl (C=O) groups is 2. The molecule has 42 heavy (non-hydrogen) atoms. The molecule has 3 aromatic rings. The third-order valence-electron chi connectivity index (χ3n) is 6.55. The summed E-state index contributed by atoms with van der Waals surface area (Å²) in [5.74, 6) is -1.18. The van der Waals surface area contributed by atoms with Gasteiger partial charge in [-0.05, 0) is 60.9 Å². The van der Waals surface area contributed by atoms with E-state index in [1.165, 1.54) is 35.2 Å². The predicted octanol–water partition coefficient (Wildman–Crippen LogP) is 6.28. The standard InChI is InChI=1S/C30H33ClF3N3O4S/c1-3-5-18-35-29(39)27(4-2)36(20-22-14-16-24(31)17-15-22)28(38)21-37(42(40,41)26-12-7-6-8-13-26)25-11-9-10-23(19-25)30(32,33)34/h6-17,19,27H,3-5,18,20-21H2,1-2H3,(H,35,39)/t27-/m0/s1. The summed E-state index contributed by atoms with van der Waals surface area (Å²) in [7, 11) is -4.49. The van der Waals surface area contributed by atoms with Gasteiger partial charge >= 0.3 is 6.18 Å². The van der Waals surface area contributed by atoms with Crippen LogP contribution in [0.2, 0.25) is 5.02 Å². The average molecular weight is 624 g/mol. The first-order valence-electron chi connectivity index (χ1n) is 13.4. The monoisotopic (exact) mass is 623 g/mol. The molecule has 3 rings (SSSR count). The predicted molar refractivity (Wildman–Crippen MR) is 156 cm³/mol. The van der Waals surface area contributed by atoms with E-state index in [0.29, 0.717) is 27.5 Å². The number of carbonyl (C=O) groups excluding carboxylic acids is 2. The van der Waals surface area contributed by atoms with Crippen LogP contribution in [0.4, 0.5) is 18.9 Å². The molecular weight excluding hydrogens is 591 g/mol. The zero-order valence-corrected chi connectivity index (χ0v) is 24.8. The molecule has 0 saturated heterocycles. The Hall–Kier alpha value is -3.57. The number of anilines is 1. The van der Waals surface area contributed by atoms with E-state index in [0.717, 1.165) is 25.0 Å². The third kappa shape index (κ3) is 8.48. The van der Waals surface area contributed by atoms with Gasteiger partial charge in [0.15, 0.2) is 0 Å². The summed E-state index contributed by atoms with van der Waals surface area (Å²) in [5, 5.41) is 3.28. The number of alkyl halides is 3. The van der Waals surface area contributed by atoms with Gasteiger partial charge in [-0.25, -0.2) is 8.42 Å². The fraction of sp³-hybridized carbons (Fsp3) is 0.333. The molecule has 0 heterocycles. The summed E-state index contributed by atoms with van der Waals surface area (Å²) in [5.41, 5.74) is -0.779. The van der Waals surface area contributed by atoms with Crippen molar-refractivity contribution in [1.82, 2.24) is 10.2 Å². The maximum atomic E-state index is 14.0. The van der Waals surface area contributed by atoms with E-state index in [-0.39, 0.29) is 23.5 Å². The fourth-order valence-electron chi connectivity index (χ4n) is 4.30. The smallest absolute Gasteiger partial charge is 0.354 e. The number of rotatable bonds is 13. The SMILES string of the molecule is CCCCNC(=O)[C@H](CC)N(Cc1ccc(Cl)cc1)C(=O)CN(c1cccc(C(F)(F)F)c1)S(=O)(=O)c1ccccc1. The van der Waals surface area contributed by atoms with Gasteiger partial charge in [0.1, 0.15) is 12.6 Å². The highest BCUT2D eigenvalue weighted by Gasteiger charge is 2.35. The van der Waals surface area contributed by atoms with E-state index in [1.54, 1.807) is 37.3 Å². The Bertz CT molecular complexity index is 1450. The lowest BCUT2D eigenvalue weighted by Gasteiger charge is -2.33. The summed E-state index contributed by atoms with van der Waals surface area (Å²) < 4.78 is 68.9. The number of nitrogens with zero attached hydrogens (tertiary/aromatic N) is 2. The average Bonchev–Trinajstić information content (AvgIpc) is 2.96. The van der Waals surface area contributed by atoms with Gasteiger partial charge in [-0.3, -0.25) is 13.9 Å². The molecule has 0 aliphatic rings. The molecule has 1 atom stereocenters. The molecule has 0 aliphatic heterocycles. The minimum Gasteiger partial charge on any atom is -0.354 e. The maximum absolute atomic E-state index is 14.0. The van der Waals surface area contributed by atoms with Crippen LogP contribution in [0.5, 0.6) is 0 Å². The molecule has 0 bridgehead atoms. The molecule has 0 unspecified atom stereocenters. The number of unbranched alkanes of at least 4 members (excludes halogenated alkanes) is 1. The minimum atomic E-state index is -4.74. The van der Waals surface area contributed by atoms with Gasteiger partial charge in [0.05, 0.1) is 16.1 Å². The molecule has 0 fully saturated rings. The van der Waals surface area contributed by atoms with Crippen LogP contribution >= 0.6 is 11.6 Å². The van der Waals surface area contributed by atoms with E-state index in [1.807, 2.05) is 6.92 Å². The largest absolute Gasteiger partial charge is 0.416 e. The number of hydrogen-bond acceptors (Lipinski definition) is 4. The zero-order chi connectivity index (χ0) is 30.9. The van der Waals surface area contributed by atoms with Gasteiger partial charge < -0.3 is 10.2 Å². The fourth-order valence-corrected chi connectivity index (χ4v) is 5.85. The maximum Gasteiger partial charge on any atom is 0.416 e. The van der Waals surface area contributed by atoms with Crippen molar-refractivity contribution in [3.63, 3.8) is 0 Å². The van der Waals surface area contributed by atoms with Crippen molar-refractivity contribution in [2.75, 3.05) is 17.4 Å². The van der Waals surface area contributed by atoms with E-state index in [9.17, 15) is 31.2 Å². The van der Waals surface area contributed by atoms with E-state index < -0.39 is 46.2 Å². The number of amides is 2. The summed E-state index contributed by atoms with van der Waals surface area (Å²) in [6.07, 6.45) is -2.96. The van der Waals surface area contributed by atoms with Crippen LogP contribution in [-0.4, -0.2) is 44.3 Å². The molecular formula is C30H33ClF3N3O4S. The minimum absolute atomic E-state index is 0.0580. The van der Waals surface area contributed by atoms with E-state index in [2.05, 4.69) is 5.32 Å². The molecule has 3 aromatic carbocycles. The van der Waals surface area contributed by atoms with Crippen molar-refractivity contribution in [3.8, 4) is 0 Å². The van der Waals surface area contributed by atoms with Crippen molar-refractivity contribution < 1.29 is 31.2 Å². The van der Waals surface area contributed by atoms with E-state index in [4.69, 9.17) is 11.6 Å². The van der Waals surface area contributed by atoms with Gasteiger partial charge in [0.25, 0.3) is 10.0 Å². The zero-order valence-electron chi connectivity index (χ0n) is 23.3. The highest BCUT2D eigenvalue weighted by molar-refractivity contribution is 7.92. The Morgan fingerprint density at radius 3 is 2.21 bits per heavy atom. The summed E-state index contributed by atoms with van der Waals surface area (Å²) in [6, 6.07) is 16.5. The molecule has 0 aliphatic carbocycles. The summed E-state index contributed by atoms with van der Waals surface area (Å²) in [4.78, 5) is 28.2. The second kappa shape index (κ2) is 14.6. The van der Waals surface area contributed by atoms with Crippen molar-refractivity contribution >= 4 is 39.1 Å². The second-order valence-corrected chi connectivity index (χ2v) is 11.9. The lowest BCUT2D eigenvalue weighted by atomic mass is 10.1. The number of sulfonamides is 1. The number of nitrogens with one attached hydrogen (secondary N) is 1. The first-order chi connectivity index (χ1) is 19.9. The molecule has 1 N–H and O–H groups in total. The second-order valence-electron chi connectivity index (χ2n) is 9.59. The molecule has 0 radical (unpaired) electrons. The lowest BCUT2D eigenvalue weighted by Crippen LogP contribution is -2.52. The van der Waals surface area contributed by atoms with Crippen LogP contribution in [0.25, 0.3) is 0 Å². The summed E-state index contributed by atoms with van der Waals surface area (Å²) in [6.45, 7) is 3.18. The topological polar surface area (TPSA) is 86.8 Å². The van der Waals surface area contributed by atoms with Gasteiger partial charge in [-0.1, -0.05) is 68.3 Å². The Balaban J connectivity index is 2.08. The van der Waals surface area contributed by atoms with Crippen molar-refractivity contribution in [2.24, 2.45) is 0 Å². The Morgan fingerprint density at radius 2 is 1.62 bits per heavy atom. The van der Waals surface area contributed by atoms with Gasteiger partial charge in [-0.15, -0.1) is 0 Å². The highest BCUT2D eigenvalue weighted by atomic mass is 35.5. The summed E-state index contributed by atoms with van der Waals surface area (Å²) >= 11 is 6.01. The first kappa shape index (κ1) is 32.9. The van der Waals surface area contributed by atoms with Crippen molar-refractivity contribution in [2.45, 2.75) is 56.8 Å². The van der Waals surface area contributed by atoms with Crippen LogP contribution < -0.4 is 9.62 Å². The quantitative estimate of drug-likeness (QED) is 0.227. The highest BCUT2D eigenvalue weighted by Crippen LogP contribution is 2.33. The molecule has 226 valence electrons. The number of hydrogen-bond donors (Lipinski definition) is 1. The van der Waals surface area contributed by atoms with Crippen molar-refractivity contribution in [3.05, 3.63) is 95.0 Å². The molecule has 12 heteroatoms. The van der Waals surface area contributed by atoms with Gasteiger partial charge in [0.2, 0.25) is 11.8 Å². The van der Waals surface area contributed by atoms with Crippen molar-refractivity contribution in [1.29, 1.82) is 0 Å². The molecule has 0 aromatic heterocycles. The van der Waals surface area contributed by atoms with Crippen LogP contribution in [-0.2, 0) is 32.3 Å². The normalized spacial score (nSPS) is 12.4. The first-order valence-corrected chi connectivity index (χ1v) is 15.3. The molecule has 7 nitrogen and oxygen atoms in total. The van der Waals surface area contributed by atoms with Crippen LogP contribution in [0.1, 0.15) is 44.2 Å². The van der Waals surface area contributed by atoms with Crippen LogP contribution in [0.3, 0.4) is 0 Å². The van der Waals surface area contributed by atoms with Crippen LogP contribution in [0, 0.1) is 0 Å². The lowest BCUT2D eigenvalue weighted by molar-refractivity contribution is -0.140. The number of benzene rings is 3. The number of halogens is 4. The molecule has 2 amide bonds. The molecule has 0 saturated carbocycles. The Kier molecular flexibility index (Phi) is 11.4. The van der Waals surface area contributed by atoms with E-state index >= 15 is 0 Å².